The molecule has 0 saturated carbocycles. The molecule has 26 heavy (non-hydrogen) atoms. The number of carbonyl (C=O) groups excluding carboxylic acids is 2. The summed E-state index contributed by atoms with van der Waals surface area (Å²) in [5.74, 6) is -0.767. The van der Waals surface area contributed by atoms with Crippen LogP contribution < -0.4 is 0 Å². The second-order valence-corrected chi connectivity index (χ2v) is 6.35. The van der Waals surface area contributed by atoms with Crippen LogP contribution in [0.15, 0.2) is 48.5 Å². The summed E-state index contributed by atoms with van der Waals surface area (Å²) >= 11 is 0. The molecule has 3 rings (SSSR count). The van der Waals surface area contributed by atoms with Gasteiger partial charge in [0.05, 0.1) is 11.6 Å². The van der Waals surface area contributed by atoms with Gasteiger partial charge in [0.2, 0.25) is 5.78 Å². The van der Waals surface area contributed by atoms with E-state index in [0.29, 0.717) is 11.1 Å². The Bertz CT molecular complexity index is 904. The van der Waals surface area contributed by atoms with E-state index >= 15 is 0 Å². The Morgan fingerprint density at radius 2 is 1.85 bits per heavy atom. The fourth-order valence-corrected chi connectivity index (χ4v) is 3.06. The molecule has 2 aromatic carbocycles. The molecule has 0 N–H and O–H groups in total. The maximum Gasteiger partial charge on any atom is 0.331 e. The van der Waals surface area contributed by atoms with Gasteiger partial charge in [-0.2, -0.15) is 5.26 Å². The summed E-state index contributed by atoms with van der Waals surface area (Å²) in [7, 11) is 0. The standard InChI is InChI=1S/C22H19NO3/c1-15(22(25)20-11-10-18-3-2-4-19(18)13-20)26-21(24)12-9-16-5-7-17(14-23)8-6-16/h5-13,15H,2-4H2,1H3/b12-9+/t15-/m1/s1. The Morgan fingerprint density at radius 1 is 1.12 bits per heavy atom. The van der Waals surface area contributed by atoms with E-state index in [9.17, 15) is 9.59 Å². The molecular formula is C22H19NO3. The lowest BCUT2D eigenvalue weighted by Crippen LogP contribution is -2.23. The van der Waals surface area contributed by atoms with Crippen molar-refractivity contribution in [2.75, 3.05) is 0 Å². The summed E-state index contributed by atoms with van der Waals surface area (Å²) in [6.07, 6.45) is 5.22. The number of hydrogen-bond donors (Lipinski definition) is 0. The summed E-state index contributed by atoms with van der Waals surface area (Å²) < 4.78 is 5.22. The lowest BCUT2D eigenvalue weighted by atomic mass is 10.0. The smallest absolute Gasteiger partial charge is 0.331 e. The number of aryl methyl sites for hydroxylation is 2. The van der Waals surface area contributed by atoms with E-state index in [4.69, 9.17) is 10.00 Å². The van der Waals surface area contributed by atoms with E-state index < -0.39 is 12.1 Å². The average molecular weight is 345 g/mol. The molecule has 0 aromatic heterocycles. The second-order valence-electron chi connectivity index (χ2n) is 6.35. The van der Waals surface area contributed by atoms with Crippen LogP contribution >= 0.6 is 0 Å². The van der Waals surface area contributed by atoms with E-state index in [1.165, 1.54) is 17.2 Å². The van der Waals surface area contributed by atoms with Crippen molar-refractivity contribution in [1.29, 1.82) is 5.26 Å². The van der Waals surface area contributed by atoms with Crippen LogP contribution in [0.25, 0.3) is 6.08 Å². The van der Waals surface area contributed by atoms with E-state index in [0.717, 1.165) is 24.8 Å². The summed E-state index contributed by atoms with van der Waals surface area (Å²) in [6, 6.07) is 14.6. The zero-order chi connectivity index (χ0) is 18.5. The molecular weight excluding hydrogens is 326 g/mol. The van der Waals surface area contributed by atoms with Crippen molar-refractivity contribution in [2.45, 2.75) is 32.3 Å². The van der Waals surface area contributed by atoms with Gasteiger partial charge in [0.15, 0.2) is 6.10 Å². The number of hydrogen-bond acceptors (Lipinski definition) is 4. The Labute approximate surface area is 152 Å². The monoisotopic (exact) mass is 345 g/mol. The number of ether oxygens (including phenoxy) is 1. The third-order valence-corrected chi connectivity index (χ3v) is 4.50. The molecule has 4 nitrogen and oxygen atoms in total. The highest BCUT2D eigenvalue weighted by Gasteiger charge is 2.20. The quantitative estimate of drug-likeness (QED) is 0.469. The third-order valence-electron chi connectivity index (χ3n) is 4.50. The van der Waals surface area contributed by atoms with Gasteiger partial charge in [-0.3, -0.25) is 4.79 Å². The maximum atomic E-state index is 12.5. The van der Waals surface area contributed by atoms with Crippen molar-refractivity contribution >= 4 is 17.8 Å². The van der Waals surface area contributed by atoms with Crippen LogP contribution in [0.4, 0.5) is 0 Å². The predicted molar refractivity (Wildman–Crippen MR) is 98.5 cm³/mol. The van der Waals surface area contributed by atoms with Gasteiger partial charge < -0.3 is 4.74 Å². The molecule has 2 aromatic rings. The molecule has 0 bridgehead atoms. The molecule has 130 valence electrons. The molecule has 0 spiro atoms. The normalized spacial score (nSPS) is 13.8. The van der Waals surface area contributed by atoms with Crippen LogP contribution in [0, 0.1) is 11.3 Å². The van der Waals surface area contributed by atoms with Crippen molar-refractivity contribution in [3.8, 4) is 6.07 Å². The largest absolute Gasteiger partial charge is 0.451 e. The first-order valence-corrected chi connectivity index (χ1v) is 8.61. The Balaban J connectivity index is 1.60. The zero-order valence-corrected chi connectivity index (χ0v) is 14.6. The maximum absolute atomic E-state index is 12.5. The minimum Gasteiger partial charge on any atom is -0.451 e. The lowest BCUT2D eigenvalue weighted by Gasteiger charge is -2.12. The number of Topliss-reactive ketones (excluding diaryl/α,β-unsaturated/α-hetero) is 1. The highest BCUT2D eigenvalue weighted by molar-refractivity contribution is 6.01. The molecule has 0 saturated heterocycles. The Hall–Kier alpha value is -3.19. The molecule has 0 unspecified atom stereocenters. The number of fused-ring (bicyclic) bond motifs is 1. The SMILES string of the molecule is C[C@@H](OC(=O)/C=C/c1ccc(C#N)cc1)C(=O)c1ccc2c(c1)CCC2. The van der Waals surface area contributed by atoms with Gasteiger partial charge >= 0.3 is 5.97 Å². The van der Waals surface area contributed by atoms with Crippen LogP contribution in [-0.4, -0.2) is 17.9 Å². The van der Waals surface area contributed by atoms with Crippen molar-refractivity contribution < 1.29 is 14.3 Å². The molecule has 1 atom stereocenters. The molecule has 1 aliphatic carbocycles. The number of benzene rings is 2. The molecule has 4 heteroatoms. The molecule has 0 aliphatic heterocycles. The van der Waals surface area contributed by atoms with Gasteiger partial charge in [0.1, 0.15) is 0 Å². The van der Waals surface area contributed by atoms with Crippen LogP contribution in [0.2, 0.25) is 0 Å². The number of nitriles is 1. The number of ketones is 1. The number of esters is 1. The summed E-state index contributed by atoms with van der Waals surface area (Å²) in [4.78, 5) is 24.5. The van der Waals surface area contributed by atoms with E-state index in [2.05, 4.69) is 0 Å². The van der Waals surface area contributed by atoms with Gasteiger partial charge in [0.25, 0.3) is 0 Å². The van der Waals surface area contributed by atoms with Gasteiger partial charge in [-0.1, -0.05) is 24.3 Å². The highest BCUT2D eigenvalue weighted by atomic mass is 16.5. The predicted octanol–water partition coefficient (Wildman–Crippen LogP) is 3.87. The Morgan fingerprint density at radius 3 is 2.58 bits per heavy atom. The zero-order valence-electron chi connectivity index (χ0n) is 14.6. The van der Waals surface area contributed by atoms with Crippen LogP contribution in [0.1, 0.15) is 46.0 Å². The minimum atomic E-state index is -0.840. The van der Waals surface area contributed by atoms with Gasteiger partial charge in [-0.05, 0) is 67.2 Å². The van der Waals surface area contributed by atoms with Crippen molar-refractivity contribution in [1.82, 2.24) is 0 Å². The van der Waals surface area contributed by atoms with E-state index in [1.807, 2.05) is 24.3 Å². The van der Waals surface area contributed by atoms with Crippen LogP contribution in [-0.2, 0) is 22.4 Å². The lowest BCUT2D eigenvalue weighted by molar-refractivity contribution is -0.140. The van der Waals surface area contributed by atoms with Crippen molar-refractivity contribution in [3.63, 3.8) is 0 Å². The van der Waals surface area contributed by atoms with Gasteiger partial charge in [-0.15, -0.1) is 0 Å². The highest BCUT2D eigenvalue weighted by Crippen LogP contribution is 2.23. The van der Waals surface area contributed by atoms with Crippen molar-refractivity contribution in [3.05, 3.63) is 76.4 Å². The van der Waals surface area contributed by atoms with Gasteiger partial charge in [0, 0.05) is 11.6 Å². The summed E-state index contributed by atoms with van der Waals surface area (Å²) in [5, 5.41) is 8.77. The van der Waals surface area contributed by atoms with Crippen LogP contribution in [0.5, 0.6) is 0 Å². The summed E-state index contributed by atoms with van der Waals surface area (Å²) in [5.41, 5.74) is 4.44. The number of carbonyl (C=O) groups is 2. The number of nitrogens with zero attached hydrogens (tertiary/aromatic N) is 1. The average Bonchev–Trinajstić information content (AvgIpc) is 3.13. The van der Waals surface area contributed by atoms with E-state index in [1.54, 1.807) is 37.3 Å². The first-order valence-electron chi connectivity index (χ1n) is 8.61. The van der Waals surface area contributed by atoms with Crippen molar-refractivity contribution in [2.24, 2.45) is 0 Å². The minimum absolute atomic E-state index is 0.195. The molecule has 0 amide bonds. The first-order chi connectivity index (χ1) is 12.6. The molecule has 1 aliphatic rings. The third kappa shape index (κ3) is 4.07. The fourth-order valence-electron chi connectivity index (χ4n) is 3.06. The molecule has 0 fully saturated rings. The second kappa shape index (κ2) is 7.79. The van der Waals surface area contributed by atoms with E-state index in [-0.39, 0.29) is 5.78 Å². The van der Waals surface area contributed by atoms with Gasteiger partial charge in [-0.25, -0.2) is 4.79 Å². The Kier molecular flexibility index (Phi) is 5.28. The molecule has 0 radical (unpaired) electrons. The fraction of sp³-hybridized carbons (Fsp3) is 0.227. The summed E-state index contributed by atoms with van der Waals surface area (Å²) in [6.45, 7) is 1.59. The first kappa shape index (κ1) is 17.6. The van der Waals surface area contributed by atoms with Crippen LogP contribution in [0.3, 0.4) is 0 Å². The number of rotatable bonds is 5. The molecule has 0 heterocycles. The topological polar surface area (TPSA) is 67.2 Å².